The van der Waals surface area contributed by atoms with Crippen LogP contribution < -0.4 is 5.32 Å². The SMILES string of the molecule is [C-]#[N+]c1cccc(-n2nc(C)cc2C(=O)Nc2ccc(F)c(C=O)c2)c1. The number of carbonyl (C=O) groups excluding carboxylic acids is 2. The summed E-state index contributed by atoms with van der Waals surface area (Å²) in [5.41, 5.74) is 2.02. The minimum absolute atomic E-state index is 0.141. The summed E-state index contributed by atoms with van der Waals surface area (Å²) in [5.74, 6) is -1.13. The number of anilines is 1. The standard InChI is InChI=1S/C19H13FN4O2/c1-12-8-18(24(23-12)16-5-3-4-14(10-16)21-2)19(26)22-15-6-7-17(20)13(9-15)11-25/h3-11H,1H3,(H,22,26). The summed E-state index contributed by atoms with van der Waals surface area (Å²) < 4.78 is 14.8. The lowest BCUT2D eigenvalue weighted by Gasteiger charge is -2.09. The van der Waals surface area contributed by atoms with Crippen LogP contribution in [0.2, 0.25) is 0 Å². The van der Waals surface area contributed by atoms with Crippen molar-refractivity contribution < 1.29 is 14.0 Å². The number of hydrogen-bond acceptors (Lipinski definition) is 3. The highest BCUT2D eigenvalue weighted by atomic mass is 19.1. The molecule has 0 aliphatic carbocycles. The molecular weight excluding hydrogens is 335 g/mol. The molecule has 1 heterocycles. The van der Waals surface area contributed by atoms with E-state index in [2.05, 4.69) is 15.3 Å². The Balaban J connectivity index is 1.96. The lowest BCUT2D eigenvalue weighted by Crippen LogP contribution is -2.17. The van der Waals surface area contributed by atoms with E-state index < -0.39 is 11.7 Å². The monoisotopic (exact) mass is 348 g/mol. The molecule has 0 saturated heterocycles. The number of amides is 1. The van der Waals surface area contributed by atoms with Crippen LogP contribution in [0.25, 0.3) is 10.5 Å². The molecule has 0 bridgehead atoms. The summed E-state index contributed by atoms with van der Waals surface area (Å²) in [6, 6.07) is 12.1. The van der Waals surface area contributed by atoms with E-state index in [9.17, 15) is 14.0 Å². The summed E-state index contributed by atoms with van der Waals surface area (Å²) >= 11 is 0. The summed E-state index contributed by atoms with van der Waals surface area (Å²) in [5, 5.41) is 6.93. The molecule has 2 aromatic carbocycles. The van der Waals surface area contributed by atoms with Crippen LogP contribution in [0, 0.1) is 19.3 Å². The summed E-state index contributed by atoms with van der Waals surface area (Å²) in [7, 11) is 0. The van der Waals surface area contributed by atoms with E-state index in [4.69, 9.17) is 6.57 Å². The zero-order chi connectivity index (χ0) is 18.7. The van der Waals surface area contributed by atoms with Crippen LogP contribution in [0.1, 0.15) is 26.5 Å². The van der Waals surface area contributed by atoms with Gasteiger partial charge in [0.05, 0.1) is 23.5 Å². The van der Waals surface area contributed by atoms with E-state index >= 15 is 0 Å². The molecule has 6 nitrogen and oxygen atoms in total. The smallest absolute Gasteiger partial charge is 0.274 e. The van der Waals surface area contributed by atoms with E-state index in [1.54, 1.807) is 37.3 Å². The molecule has 0 spiro atoms. The number of carbonyl (C=O) groups is 2. The Morgan fingerprint density at radius 2 is 2.08 bits per heavy atom. The minimum Gasteiger partial charge on any atom is -0.321 e. The Bertz CT molecular complexity index is 1050. The van der Waals surface area contributed by atoms with Gasteiger partial charge in [-0.05, 0) is 43.3 Å². The Morgan fingerprint density at radius 1 is 1.27 bits per heavy atom. The number of nitrogens with zero attached hydrogens (tertiary/aromatic N) is 3. The molecule has 0 aliphatic rings. The van der Waals surface area contributed by atoms with Crippen molar-refractivity contribution in [3.8, 4) is 5.69 Å². The van der Waals surface area contributed by atoms with Crippen molar-refractivity contribution in [2.45, 2.75) is 6.92 Å². The summed E-state index contributed by atoms with van der Waals surface area (Å²) in [4.78, 5) is 26.9. The minimum atomic E-state index is -0.658. The second-order valence-corrected chi connectivity index (χ2v) is 5.52. The maximum absolute atomic E-state index is 13.4. The first-order valence-electron chi connectivity index (χ1n) is 7.62. The molecule has 3 rings (SSSR count). The second-order valence-electron chi connectivity index (χ2n) is 5.52. The van der Waals surface area contributed by atoms with E-state index in [0.717, 1.165) is 6.07 Å². The number of rotatable bonds is 4. The second kappa shape index (κ2) is 6.99. The molecule has 7 heteroatoms. The van der Waals surface area contributed by atoms with E-state index in [1.165, 1.54) is 16.8 Å². The lowest BCUT2D eigenvalue weighted by atomic mass is 10.2. The van der Waals surface area contributed by atoms with E-state index in [1.807, 2.05) is 0 Å². The van der Waals surface area contributed by atoms with Gasteiger partial charge >= 0.3 is 0 Å². The van der Waals surface area contributed by atoms with Crippen molar-refractivity contribution in [3.05, 3.63) is 82.7 Å². The van der Waals surface area contributed by atoms with Gasteiger partial charge in [-0.15, -0.1) is 0 Å². The van der Waals surface area contributed by atoms with Gasteiger partial charge < -0.3 is 5.32 Å². The fraction of sp³-hybridized carbons (Fsp3) is 0.0526. The molecule has 26 heavy (non-hydrogen) atoms. The predicted octanol–water partition coefficient (Wildman–Crippen LogP) is 3.94. The highest BCUT2D eigenvalue weighted by Gasteiger charge is 2.16. The van der Waals surface area contributed by atoms with Gasteiger partial charge in [-0.1, -0.05) is 12.1 Å². The van der Waals surface area contributed by atoms with Gasteiger partial charge in [0.1, 0.15) is 11.5 Å². The van der Waals surface area contributed by atoms with Gasteiger partial charge in [0.15, 0.2) is 12.0 Å². The van der Waals surface area contributed by atoms with Crippen LogP contribution in [0.3, 0.4) is 0 Å². The average molecular weight is 348 g/mol. The first-order chi connectivity index (χ1) is 12.5. The largest absolute Gasteiger partial charge is 0.321 e. The Kier molecular flexibility index (Phi) is 4.58. The average Bonchev–Trinajstić information content (AvgIpc) is 3.05. The predicted molar refractivity (Wildman–Crippen MR) is 94.3 cm³/mol. The normalized spacial score (nSPS) is 10.2. The van der Waals surface area contributed by atoms with E-state index in [-0.39, 0.29) is 11.3 Å². The van der Waals surface area contributed by atoms with Crippen LogP contribution in [0.5, 0.6) is 0 Å². The number of aryl methyl sites for hydroxylation is 1. The topological polar surface area (TPSA) is 68.3 Å². The molecule has 0 unspecified atom stereocenters. The van der Waals surface area contributed by atoms with Crippen LogP contribution in [0.4, 0.5) is 15.8 Å². The van der Waals surface area contributed by atoms with Crippen LogP contribution >= 0.6 is 0 Å². The Hall–Kier alpha value is -3.79. The lowest BCUT2D eigenvalue weighted by molar-refractivity contribution is 0.101. The molecule has 1 aromatic heterocycles. The zero-order valence-electron chi connectivity index (χ0n) is 13.7. The molecule has 1 N–H and O–H groups in total. The molecule has 0 fully saturated rings. The molecule has 1 amide bonds. The van der Waals surface area contributed by atoms with E-state index in [0.29, 0.717) is 29.0 Å². The van der Waals surface area contributed by atoms with Crippen molar-refractivity contribution in [1.29, 1.82) is 0 Å². The van der Waals surface area contributed by atoms with Crippen molar-refractivity contribution in [3.63, 3.8) is 0 Å². The zero-order valence-corrected chi connectivity index (χ0v) is 13.7. The Morgan fingerprint density at radius 3 is 2.81 bits per heavy atom. The number of aromatic nitrogens is 2. The third-order valence-electron chi connectivity index (χ3n) is 3.65. The fourth-order valence-corrected chi connectivity index (χ4v) is 2.46. The van der Waals surface area contributed by atoms with Gasteiger partial charge in [-0.25, -0.2) is 13.9 Å². The number of halogens is 1. The van der Waals surface area contributed by atoms with Crippen LogP contribution in [-0.4, -0.2) is 22.0 Å². The maximum atomic E-state index is 13.4. The molecule has 0 aliphatic heterocycles. The van der Waals surface area contributed by atoms with Gasteiger partial charge in [0, 0.05) is 5.69 Å². The quantitative estimate of drug-likeness (QED) is 0.574. The van der Waals surface area contributed by atoms with Crippen LogP contribution in [0.15, 0.2) is 48.5 Å². The number of hydrogen-bond donors (Lipinski definition) is 1. The maximum Gasteiger partial charge on any atom is 0.274 e. The molecular formula is C19H13FN4O2. The molecule has 128 valence electrons. The molecule has 0 radical (unpaired) electrons. The summed E-state index contributed by atoms with van der Waals surface area (Å²) in [6.45, 7) is 8.85. The molecule has 3 aromatic rings. The number of benzene rings is 2. The first kappa shape index (κ1) is 17.0. The van der Waals surface area contributed by atoms with Crippen molar-refractivity contribution >= 4 is 23.6 Å². The van der Waals surface area contributed by atoms with Gasteiger partial charge in [0.2, 0.25) is 0 Å². The van der Waals surface area contributed by atoms with Gasteiger partial charge in [-0.2, -0.15) is 5.10 Å². The molecule has 0 saturated carbocycles. The third-order valence-corrected chi connectivity index (χ3v) is 3.65. The number of nitrogens with one attached hydrogen (secondary N) is 1. The molecule has 0 atom stereocenters. The van der Waals surface area contributed by atoms with Crippen molar-refractivity contribution in [1.82, 2.24) is 9.78 Å². The highest BCUT2D eigenvalue weighted by Crippen LogP contribution is 2.20. The van der Waals surface area contributed by atoms with Crippen LogP contribution in [-0.2, 0) is 0 Å². The summed E-state index contributed by atoms with van der Waals surface area (Å²) in [6.07, 6.45) is 0.384. The van der Waals surface area contributed by atoms with Crippen molar-refractivity contribution in [2.24, 2.45) is 0 Å². The first-order valence-corrected chi connectivity index (χ1v) is 7.62. The third kappa shape index (κ3) is 3.35. The van der Waals surface area contributed by atoms with Gasteiger partial charge in [-0.3, -0.25) is 9.59 Å². The highest BCUT2D eigenvalue weighted by molar-refractivity contribution is 6.03. The van der Waals surface area contributed by atoms with Gasteiger partial charge in [0.25, 0.3) is 5.91 Å². The number of aldehydes is 1. The fourth-order valence-electron chi connectivity index (χ4n) is 2.46. The Labute approximate surface area is 148 Å². The van der Waals surface area contributed by atoms with Crippen molar-refractivity contribution in [2.75, 3.05) is 5.32 Å².